The van der Waals surface area contributed by atoms with Gasteiger partial charge in [-0.1, -0.05) is 0 Å². The molecular formula is H4CaFNaO. The fourth-order valence-corrected chi connectivity index (χ4v) is 0. The van der Waals surface area contributed by atoms with E-state index in [0.29, 0.717) is 0 Å². The van der Waals surface area contributed by atoms with Gasteiger partial charge in [0.1, 0.15) is 0 Å². The molecule has 0 saturated carbocycles. The normalized spacial score (nSPS) is 0. The first kappa shape index (κ1) is 35.3. The quantitative estimate of drug-likeness (QED) is 0.272. The molecule has 0 rings (SSSR count). The zero-order valence-corrected chi connectivity index (χ0v) is 3.88. The molecule has 0 aliphatic heterocycles. The first-order valence-electron chi connectivity index (χ1n) is 0. The second-order valence-corrected chi connectivity index (χ2v) is 0. The molecule has 0 spiro atoms. The maximum atomic E-state index is 0. The molecule has 2 N–H and O–H groups in total. The van der Waals surface area contributed by atoms with Crippen molar-refractivity contribution >= 4 is 37.7 Å². The van der Waals surface area contributed by atoms with Crippen LogP contribution in [0.15, 0.2) is 0 Å². The van der Waals surface area contributed by atoms with Gasteiger partial charge in [-0.15, -0.1) is 0 Å². The molecule has 1 nitrogen and oxygen atoms in total. The van der Waals surface area contributed by atoms with E-state index in [0.717, 1.165) is 0 Å². The third-order valence-electron chi connectivity index (χ3n) is 0. The minimum atomic E-state index is 0. The largest absolute Gasteiger partial charge is 1.00 e. The molecule has 0 aliphatic rings. The molecule has 0 aromatic rings. The fourth-order valence-electron chi connectivity index (χ4n) is 0. The van der Waals surface area contributed by atoms with Crippen LogP contribution in [0.5, 0.6) is 0 Å². The maximum absolute atomic E-state index is 0. The van der Waals surface area contributed by atoms with Crippen LogP contribution in [0.3, 0.4) is 0 Å². The summed E-state index contributed by atoms with van der Waals surface area (Å²) >= 11 is 0. The Morgan fingerprint density at radius 3 is 1.00 bits per heavy atom. The van der Waals surface area contributed by atoms with Crippen LogP contribution in [0.4, 0.5) is 0 Å². The molecular weight excluding hydrogens is 98.1 g/mol. The Morgan fingerprint density at radius 2 is 1.00 bits per heavy atom. The molecule has 0 saturated heterocycles. The van der Waals surface area contributed by atoms with Gasteiger partial charge < -0.3 is 10.2 Å². The van der Waals surface area contributed by atoms with Crippen molar-refractivity contribution in [3.05, 3.63) is 0 Å². The summed E-state index contributed by atoms with van der Waals surface area (Å²) < 4.78 is 0. The Hall–Kier alpha value is 2.15. The van der Waals surface area contributed by atoms with Gasteiger partial charge >= 0.3 is 67.3 Å². The summed E-state index contributed by atoms with van der Waals surface area (Å²) in [4.78, 5) is 0. The van der Waals surface area contributed by atoms with Gasteiger partial charge in [-0.3, -0.25) is 0 Å². The Labute approximate surface area is 76.1 Å². The van der Waals surface area contributed by atoms with Crippen molar-refractivity contribution < 1.29 is 39.7 Å². The Balaban J connectivity index is 0. The molecule has 0 radical (unpaired) electrons. The summed E-state index contributed by atoms with van der Waals surface area (Å²) in [6.07, 6.45) is 0. The zero-order chi connectivity index (χ0) is 0. The van der Waals surface area contributed by atoms with E-state index in [9.17, 15) is 0 Å². The molecule has 0 amide bonds. The topological polar surface area (TPSA) is 31.5 Å². The summed E-state index contributed by atoms with van der Waals surface area (Å²) in [5.41, 5.74) is 0. The molecule has 0 fully saturated rings. The molecule has 0 heterocycles. The van der Waals surface area contributed by atoms with Gasteiger partial charge in [0.2, 0.25) is 0 Å². The van der Waals surface area contributed by atoms with Gasteiger partial charge in [-0.2, -0.15) is 0 Å². The third kappa shape index (κ3) is 8.91. The monoisotopic (exact) mass is 102 g/mol. The van der Waals surface area contributed by atoms with Crippen molar-refractivity contribution in [1.82, 2.24) is 0 Å². The van der Waals surface area contributed by atoms with Crippen molar-refractivity contribution in [1.29, 1.82) is 0 Å². The average Bonchev–Trinajstić information content (AvgIpc) is 0. The van der Waals surface area contributed by atoms with Crippen LogP contribution >= 0.6 is 0 Å². The van der Waals surface area contributed by atoms with Gasteiger partial charge in [0.05, 0.1) is 0 Å². The smallest absolute Gasteiger partial charge is 1.00 e. The van der Waals surface area contributed by atoms with E-state index in [4.69, 9.17) is 0 Å². The van der Waals surface area contributed by atoms with Gasteiger partial charge in [0, 0.05) is 0 Å². The minimum Gasteiger partial charge on any atom is -1.00 e. The molecule has 4 heavy (non-hydrogen) atoms. The predicted molar refractivity (Wildman–Crippen MR) is 12.2 cm³/mol. The summed E-state index contributed by atoms with van der Waals surface area (Å²) in [6.45, 7) is 0. The van der Waals surface area contributed by atoms with Crippen molar-refractivity contribution in [2.75, 3.05) is 0 Å². The van der Waals surface area contributed by atoms with Crippen molar-refractivity contribution in [2.45, 2.75) is 0 Å². The van der Waals surface area contributed by atoms with Crippen LogP contribution < -0.4 is 34.3 Å². The number of hydrogen-bond acceptors (Lipinski definition) is 0. The standard InChI is InChI=1S/Ca.FH.Na.H2O.2H/h;1H;;1H2;;/q;;+1;;;/p-1. The van der Waals surface area contributed by atoms with Gasteiger partial charge in [-0.05, 0) is 0 Å². The molecule has 20 valence electrons. The number of rotatable bonds is 0. The summed E-state index contributed by atoms with van der Waals surface area (Å²) in [6, 6.07) is 0. The van der Waals surface area contributed by atoms with Crippen LogP contribution in [-0.2, 0) is 0 Å². The van der Waals surface area contributed by atoms with Crippen molar-refractivity contribution in [3.63, 3.8) is 0 Å². The van der Waals surface area contributed by atoms with E-state index in [2.05, 4.69) is 0 Å². The Bertz CT molecular complexity index is 8.00. The van der Waals surface area contributed by atoms with Crippen LogP contribution in [0.2, 0.25) is 0 Å². The van der Waals surface area contributed by atoms with Gasteiger partial charge in [-0.25, -0.2) is 0 Å². The molecule has 4 heteroatoms. The molecule has 0 aliphatic carbocycles. The molecule has 0 unspecified atom stereocenters. The van der Waals surface area contributed by atoms with Crippen molar-refractivity contribution in [2.24, 2.45) is 0 Å². The second-order valence-electron chi connectivity index (χ2n) is 0. The average molecular weight is 102 g/mol. The van der Waals surface area contributed by atoms with Crippen LogP contribution in [-0.4, -0.2) is 43.2 Å². The summed E-state index contributed by atoms with van der Waals surface area (Å²) in [5, 5.41) is 0. The van der Waals surface area contributed by atoms with E-state index in [1.54, 1.807) is 0 Å². The summed E-state index contributed by atoms with van der Waals surface area (Å²) in [5.74, 6) is 0. The Morgan fingerprint density at radius 1 is 1.00 bits per heavy atom. The van der Waals surface area contributed by atoms with Gasteiger partial charge in [0.15, 0.2) is 0 Å². The van der Waals surface area contributed by atoms with Crippen LogP contribution in [0, 0.1) is 0 Å². The van der Waals surface area contributed by atoms with E-state index < -0.39 is 0 Å². The molecule has 0 bridgehead atoms. The molecule has 0 atom stereocenters. The minimum absolute atomic E-state index is 0. The first-order chi connectivity index (χ1) is 0. The zero-order valence-electron chi connectivity index (χ0n) is 1.88. The van der Waals surface area contributed by atoms with E-state index in [-0.39, 0.29) is 77.5 Å². The third-order valence-corrected chi connectivity index (χ3v) is 0. The first-order valence-corrected chi connectivity index (χ1v) is 0. The second kappa shape index (κ2) is 19.2. The van der Waals surface area contributed by atoms with Crippen LogP contribution in [0.25, 0.3) is 0 Å². The van der Waals surface area contributed by atoms with Crippen molar-refractivity contribution in [3.8, 4) is 0 Å². The summed E-state index contributed by atoms with van der Waals surface area (Å²) in [7, 11) is 0. The van der Waals surface area contributed by atoms with E-state index in [1.165, 1.54) is 0 Å². The number of hydrogen-bond donors (Lipinski definition) is 0. The maximum Gasteiger partial charge on any atom is 1.00 e. The SMILES string of the molecule is O.[CaH2].[F-].[Na+]. The predicted octanol–water partition coefficient (Wildman–Crippen LogP) is -7.73. The van der Waals surface area contributed by atoms with Crippen LogP contribution in [0.1, 0.15) is 0 Å². The Kier molecular flexibility index (Phi) is 169. The van der Waals surface area contributed by atoms with Gasteiger partial charge in [0.25, 0.3) is 0 Å². The fraction of sp³-hybridized carbons (Fsp3) is 0. The molecule has 0 aromatic carbocycles. The van der Waals surface area contributed by atoms with E-state index in [1.807, 2.05) is 0 Å². The molecule has 0 aromatic heterocycles. The number of halogens is 1. The van der Waals surface area contributed by atoms with E-state index >= 15 is 0 Å².